The van der Waals surface area contributed by atoms with E-state index in [1.165, 1.54) is 0 Å². The summed E-state index contributed by atoms with van der Waals surface area (Å²) >= 11 is 0. The predicted octanol–water partition coefficient (Wildman–Crippen LogP) is 1.86. The molecule has 0 bridgehead atoms. The fraction of sp³-hybridized carbons (Fsp3) is 0.133. The smallest absolute Gasteiger partial charge is 0.248 e. The van der Waals surface area contributed by atoms with Crippen molar-refractivity contribution < 1.29 is 9.53 Å². The Morgan fingerprint density at radius 1 is 1.05 bits per heavy atom. The van der Waals surface area contributed by atoms with E-state index in [1.54, 1.807) is 24.3 Å². The molecule has 0 saturated carbocycles. The third-order valence-electron chi connectivity index (χ3n) is 2.80. The zero-order chi connectivity index (χ0) is 13.7. The van der Waals surface area contributed by atoms with Gasteiger partial charge in [0, 0.05) is 5.56 Å². The van der Waals surface area contributed by atoms with Crippen LogP contribution < -0.4 is 16.2 Å². The molecule has 0 aliphatic heterocycles. The van der Waals surface area contributed by atoms with Crippen molar-refractivity contribution in [3.8, 4) is 5.75 Å². The van der Waals surface area contributed by atoms with E-state index >= 15 is 0 Å². The summed E-state index contributed by atoms with van der Waals surface area (Å²) in [5.74, 6) is 0.212. The van der Waals surface area contributed by atoms with Gasteiger partial charge in [0.2, 0.25) is 5.91 Å². The average molecular weight is 256 g/mol. The molecule has 0 radical (unpaired) electrons. The van der Waals surface area contributed by atoms with Crippen LogP contribution in [0.1, 0.15) is 22.0 Å². The van der Waals surface area contributed by atoms with Crippen molar-refractivity contribution in [3.05, 3.63) is 65.7 Å². The summed E-state index contributed by atoms with van der Waals surface area (Å²) in [6.07, 6.45) is 0. The lowest BCUT2D eigenvalue weighted by Gasteiger charge is -2.13. The van der Waals surface area contributed by atoms with Gasteiger partial charge in [0.15, 0.2) is 0 Å². The number of hydrogen-bond donors (Lipinski definition) is 2. The minimum Gasteiger partial charge on any atom is -0.492 e. The van der Waals surface area contributed by atoms with Gasteiger partial charge in [-0.15, -0.1) is 0 Å². The molecular formula is C15H16N2O2. The molecule has 98 valence electrons. The molecule has 0 aliphatic rings. The van der Waals surface area contributed by atoms with Crippen molar-refractivity contribution >= 4 is 5.91 Å². The topological polar surface area (TPSA) is 78.3 Å². The van der Waals surface area contributed by atoms with Gasteiger partial charge in [-0.1, -0.05) is 30.3 Å². The van der Waals surface area contributed by atoms with Crippen LogP contribution in [0.2, 0.25) is 0 Å². The van der Waals surface area contributed by atoms with Crippen molar-refractivity contribution in [2.45, 2.75) is 6.04 Å². The Labute approximate surface area is 112 Å². The number of carbonyl (C=O) groups is 1. The minimum atomic E-state index is -0.451. The van der Waals surface area contributed by atoms with Gasteiger partial charge in [0.05, 0.1) is 6.04 Å². The Morgan fingerprint density at radius 2 is 1.68 bits per heavy atom. The van der Waals surface area contributed by atoms with Gasteiger partial charge in [-0.25, -0.2) is 0 Å². The lowest BCUT2D eigenvalue weighted by Crippen LogP contribution is -2.19. The number of ether oxygens (including phenoxy) is 1. The highest BCUT2D eigenvalue weighted by Crippen LogP contribution is 2.15. The second-order valence-electron chi connectivity index (χ2n) is 4.22. The number of benzene rings is 2. The molecule has 2 aromatic rings. The predicted molar refractivity (Wildman–Crippen MR) is 73.8 cm³/mol. The molecule has 0 heterocycles. The lowest BCUT2D eigenvalue weighted by molar-refractivity contribution is 0.100. The van der Waals surface area contributed by atoms with Crippen LogP contribution in [0.3, 0.4) is 0 Å². The highest BCUT2D eigenvalue weighted by Gasteiger charge is 2.06. The molecule has 0 saturated heterocycles. The maximum absolute atomic E-state index is 10.9. The van der Waals surface area contributed by atoms with E-state index in [9.17, 15) is 4.79 Å². The summed E-state index contributed by atoms with van der Waals surface area (Å²) in [4.78, 5) is 10.9. The van der Waals surface area contributed by atoms with E-state index in [0.717, 1.165) is 5.56 Å². The number of nitrogens with two attached hydrogens (primary N) is 2. The summed E-state index contributed by atoms with van der Waals surface area (Å²) in [6.45, 7) is 0.375. The Morgan fingerprint density at radius 3 is 2.26 bits per heavy atom. The molecule has 1 atom stereocenters. The van der Waals surface area contributed by atoms with Gasteiger partial charge >= 0.3 is 0 Å². The Bertz CT molecular complexity index is 538. The second kappa shape index (κ2) is 6.02. The number of primary amides is 1. The molecule has 19 heavy (non-hydrogen) atoms. The van der Waals surface area contributed by atoms with Crippen LogP contribution in [0.25, 0.3) is 0 Å². The fourth-order valence-electron chi connectivity index (χ4n) is 1.70. The Kier molecular flexibility index (Phi) is 4.15. The van der Waals surface area contributed by atoms with Crippen molar-refractivity contribution in [1.29, 1.82) is 0 Å². The normalized spacial score (nSPS) is 11.8. The maximum Gasteiger partial charge on any atom is 0.248 e. The van der Waals surface area contributed by atoms with Crippen LogP contribution >= 0.6 is 0 Å². The van der Waals surface area contributed by atoms with E-state index in [1.807, 2.05) is 30.3 Å². The summed E-state index contributed by atoms with van der Waals surface area (Å²) in [5.41, 5.74) is 12.7. The zero-order valence-corrected chi connectivity index (χ0v) is 10.5. The van der Waals surface area contributed by atoms with E-state index < -0.39 is 5.91 Å². The minimum absolute atomic E-state index is 0.183. The fourth-order valence-corrected chi connectivity index (χ4v) is 1.70. The van der Waals surface area contributed by atoms with Crippen molar-refractivity contribution in [2.75, 3.05) is 6.61 Å². The van der Waals surface area contributed by atoms with Crippen LogP contribution in [-0.4, -0.2) is 12.5 Å². The van der Waals surface area contributed by atoms with Crippen LogP contribution in [0.15, 0.2) is 54.6 Å². The molecule has 2 rings (SSSR count). The lowest BCUT2D eigenvalue weighted by atomic mass is 10.1. The van der Waals surface area contributed by atoms with Crippen molar-refractivity contribution in [2.24, 2.45) is 11.5 Å². The highest BCUT2D eigenvalue weighted by molar-refractivity contribution is 5.92. The summed E-state index contributed by atoms with van der Waals surface area (Å²) in [6, 6.07) is 16.2. The first-order chi connectivity index (χ1) is 9.16. The van der Waals surface area contributed by atoms with Crippen molar-refractivity contribution in [1.82, 2.24) is 0 Å². The maximum atomic E-state index is 10.9. The second-order valence-corrected chi connectivity index (χ2v) is 4.22. The first-order valence-corrected chi connectivity index (χ1v) is 6.00. The Hall–Kier alpha value is -2.33. The van der Waals surface area contributed by atoms with Gasteiger partial charge in [-0.05, 0) is 29.8 Å². The third kappa shape index (κ3) is 3.56. The number of rotatable bonds is 5. The van der Waals surface area contributed by atoms with E-state index in [0.29, 0.717) is 17.9 Å². The summed E-state index contributed by atoms with van der Waals surface area (Å²) < 4.78 is 5.58. The van der Waals surface area contributed by atoms with Crippen LogP contribution in [0.4, 0.5) is 0 Å². The van der Waals surface area contributed by atoms with Gasteiger partial charge in [0.25, 0.3) is 0 Å². The molecule has 4 N–H and O–H groups in total. The highest BCUT2D eigenvalue weighted by atomic mass is 16.5. The van der Waals surface area contributed by atoms with Crippen LogP contribution in [0.5, 0.6) is 5.75 Å². The molecule has 1 unspecified atom stereocenters. The SMILES string of the molecule is NC(=O)c1ccc(OCC(N)c2ccccc2)cc1. The summed E-state index contributed by atoms with van der Waals surface area (Å²) in [5, 5.41) is 0. The number of hydrogen-bond acceptors (Lipinski definition) is 3. The Balaban J connectivity index is 1.93. The van der Waals surface area contributed by atoms with Gasteiger partial charge in [-0.2, -0.15) is 0 Å². The molecule has 1 amide bonds. The van der Waals surface area contributed by atoms with Gasteiger partial charge in [0.1, 0.15) is 12.4 Å². The van der Waals surface area contributed by atoms with Crippen LogP contribution in [0, 0.1) is 0 Å². The third-order valence-corrected chi connectivity index (χ3v) is 2.80. The largest absolute Gasteiger partial charge is 0.492 e. The quantitative estimate of drug-likeness (QED) is 0.857. The first-order valence-electron chi connectivity index (χ1n) is 6.00. The molecule has 0 fully saturated rings. The zero-order valence-electron chi connectivity index (χ0n) is 10.5. The number of carbonyl (C=O) groups excluding carboxylic acids is 1. The monoisotopic (exact) mass is 256 g/mol. The van der Waals surface area contributed by atoms with Crippen molar-refractivity contribution in [3.63, 3.8) is 0 Å². The van der Waals surface area contributed by atoms with E-state index in [2.05, 4.69) is 0 Å². The van der Waals surface area contributed by atoms with Gasteiger partial charge < -0.3 is 16.2 Å². The first kappa shape index (κ1) is 13.1. The van der Waals surface area contributed by atoms with E-state index in [4.69, 9.17) is 16.2 Å². The summed E-state index contributed by atoms with van der Waals surface area (Å²) in [7, 11) is 0. The molecule has 4 nitrogen and oxygen atoms in total. The molecule has 0 aromatic heterocycles. The standard InChI is InChI=1S/C15H16N2O2/c16-14(11-4-2-1-3-5-11)10-19-13-8-6-12(7-9-13)15(17)18/h1-9,14H,10,16H2,(H2,17,18). The molecule has 2 aromatic carbocycles. The molecule has 0 spiro atoms. The molecule has 0 aliphatic carbocycles. The average Bonchev–Trinajstić information content (AvgIpc) is 2.46. The van der Waals surface area contributed by atoms with E-state index in [-0.39, 0.29) is 6.04 Å². The molecule has 4 heteroatoms. The number of amides is 1. The van der Waals surface area contributed by atoms with Crippen LogP contribution in [-0.2, 0) is 0 Å². The van der Waals surface area contributed by atoms with Gasteiger partial charge in [-0.3, -0.25) is 4.79 Å². The molecular weight excluding hydrogens is 240 g/mol.